The molecule has 22 heavy (non-hydrogen) atoms. The summed E-state index contributed by atoms with van der Waals surface area (Å²) in [6.07, 6.45) is 5.28. The molecule has 1 amide bonds. The van der Waals surface area contributed by atoms with Crippen LogP contribution in [0.25, 0.3) is 6.08 Å². The average molecular weight is 295 g/mol. The minimum atomic E-state index is -0.425. The van der Waals surface area contributed by atoms with Crippen LogP contribution in [-0.2, 0) is 11.3 Å². The van der Waals surface area contributed by atoms with Gasteiger partial charge in [0.2, 0.25) is 0 Å². The first-order valence-electron chi connectivity index (χ1n) is 6.91. The van der Waals surface area contributed by atoms with E-state index in [-0.39, 0.29) is 17.4 Å². The Balaban J connectivity index is 2.04. The van der Waals surface area contributed by atoms with Gasteiger partial charge in [-0.2, -0.15) is 5.26 Å². The lowest BCUT2D eigenvalue weighted by Crippen LogP contribution is -2.36. The molecule has 0 aliphatic heterocycles. The van der Waals surface area contributed by atoms with Crippen molar-refractivity contribution >= 4 is 12.0 Å². The van der Waals surface area contributed by atoms with E-state index in [4.69, 9.17) is 5.26 Å². The van der Waals surface area contributed by atoms with Crippen molar-refractivity contribution < 1.29 is 9.90 Å². The van der Waals surface area contributed by atoms with Gasteiger partial charge in [0.1, 0.15) is 17.4 Å². The van der Waals surface area contributed by atoms with Gasteiger partial charge in [-0.3, -0.25) is 4.79 Å². The molecule has 5 heteroatoms. The van der Waals surface area contributed by atoms with Crippen LogP contribution >= 0.6 is 0 Å². The molecule has 1 aromatic carbocycles. The number of hydrogen-bond donors (Lipinski definition) is 2. The van der Waals surface area contributed by atoms with Crippen molar-refractivity contribution in [1.29, 1.82) is 5.26 Å². The maximum Gasteiger partial charge on any atom is 0.262 e. The van der Waals surface area contributed by atoms with Gasteiger partial charge in [-0.15, -0.1) is 0 Å². The van der Waals surface area contributed by atoms with Crippen molar-refractivity contribution in [3.63, 3.8) is 0 Å². The number of aromatic nitrogens is 1. The number of phenolic OH excluding ortho intramolecular Hbond substituents is 1. The molecule has 0 aliphatic rings. The van der Waals surface area contributed by atoms with E-state index >= 15 is 0 Å². The molecule has 2 rings (SSSR count). The van der Waals surface area contributed by atoms with Crippen LogP contribution in [-0.4, -0.2) is 21.6 Å². The predicted octanol–water partition coefficient (Wildman–Crippen LogP) is 2.31. The lowest BCUT2D eigenvalue weighted by molar-refractivity contribution is -0.117. The monoisotopic (exact) mass is 295 g/mol. The Kier molecular flexibility index (Phi) is 4.99. The minimum absolute atomic E-state index is 0.00459. The van der Waals surface area contributed by atoms with E-state index in [9.17, 15) is 9.90 Å². The number of carbonyl (C=O) groups is 1. The highest BCUT2D eigenvalue weighted by Gasteiger charge is 2.12. The van der Waals surface area contributed by atoms with Crippen molar-refractivity contribution in [2.45, 2.75) is 19.5 Å². The summed E-state index contributed by atoms with van der Waals surface area (Å²) in [5.74, 6) is -0.335. The number of nitrogens with zero attached hydrogens (tertiary/aromatic N) is 2. The molecule has 1 unspecified atom stereocenters. The van der Waals surface area contributed by atoms with Gasteiger partial charge in [0.25, 0.3) is 5.91 Å². The smallest absolute Gasteiger partial charge is 0.262 e. The summed E-state index contributed by atoms with van der Waals surface area (Å²) in [6, 6.07) is 12.0. The molecule has 2 aromatic rings. The van der Waals surface area contributed by atoms with Crippen LogP contribution in [0, 0.1) is 11.3 Å². The number of aromatic hydroxyl groups is 1. The van der Waals surface area contributed by atoms with Gasteiger partial charge in [-0.1, -0.05) is 12.1 Å². The van der Waals surface area contributed by atoms with Crippen LogP contribution in [0.1, 0.15) is 12.5 Å². The molecular formula is C17H17N3O2. The Bertz CT molecular complexity index is 712. The summed E-state index contributed by atoms with van der Waals surface area (Å²) in [5, 5.41) is 21.4. The van der Waals surface area contributed by atoms with Gasteiger partial charge in [-0.25, -0.2) is 0 Å². The molecule has 5 nitrogen and oxygen atoms in total. The largest absolute Gasteiger partial charge is 0.508 e. The molecule has 1 heterocycles. The number of carbonyl (C=O) groups excluding carboxylic acids is 1. The van der Waals surface area contributed by atoms with Crippen molar-refractivity contribution in [3.05, 3.63) is 59.9 Å². The van der Waals surface area contributed by atoms with Gasteiger partial charge in [-0.05, 0) is 42.8 Å². The van der Waals surface area contributed by atoms with Gasteiger partial charge in [0, 0.05) is 25.0 Å². The van der Waals surface area contributed by atoms with Crippen LogP contribution < -0.4 is 5.32 Å². The predicted molar refractivity (Wildman–Crippen MR) is 83.7 cm³/mol. The van der Waals surface area contributed by atoms with Gasteiger partial charge in [0.05, 0.1) is 0 Å². The fourth-order valence-corrected chi connectivity index (χ4v) is 2.09. The van der Waals surface area contributed by atoms with Crippen molar-refractivity contribution in [2.24, 2.45) is 0 Å². The van der Waals surface area contributed by atoms with Crippen molar-refractivity contribution in [3.8, 4) is 11.8 Å². The van der Waals surface area contributed by atoms with E-state index in [0.717, 1.165) is 0 Å². The molecule has 0 fully saturated rings. The van der Waals surface area contributed by atoms with E-state index < -0.39 is 5.91 Å². The molecule has 0 saturated carbocycles. The summed E-state index contributed by atoms with van der Waals surface area (Å²) < 4.78 is 1.95. The maximum atomic E-state index is 12.1. The third-order valence-corrected chi connectivity index (χ3v) is 3.07. The molecule has 0 radical (unpaired) electrons. The lowest BCUT2D eigenvalue weighted by atomic mass is 10.1. The Morgan fingerprint density at radius 2 is 2.14 bits per heavy atom. The van der Waals surface area contributed by atoms with E-state index in [2.05, 4.69) is 5.32 Å². The van der Waals surface area contributed by atoms with Crippen LogP contribution in [0.2, 0.25) is 0 Å². The number of phenols is 1. The zero-order valence-corrected chi connectivity index (χ0v) is 12.2. The second kappa shape index (κ2) is 7.14. The fraction of sp³-hybridized carbons (Fsp3) is 0.176. The highest BCUT2D eigenvalue weighted by atomic mass is 16.3. The number of nitrogens with one attached hydrogen (secondary N) is 1. The number of amides is 1. The molecule has 0 bridgehead atoms. The molecule has 0 spiro atoms. The second-order valence-corrected chi connectivity index (χ2v) is 5.02. The van der Waals surface area contributed by atoms with Crippen LogP contribution in [0.3, 0.4) is 0 Å². The van der Waals surface area contributed by atoms with Crippen molar-refractivity contribution in [2.75, 3.05) is 0 Å². The summed E-state index contributed by atoms with van der Waals surface area (Å²) in [7, 11) is 0. The van der Waals surface area contributed by atoms with Crippen LogP contribution in [0.15, 0.2) is 54.4 Å². The third-order valence-electron chi connectivity index (χ3n) is 3.07. The first-order chi connectivity index (χ1) is 10.6. The minimum Gasteiger partial charge on any atom is -0.508 e. The zero-order chi connectivity index (χ0) is 15.9. The van der Waals surface area contributed by atoms with Gasteiger partial charge < -0.3 is 15.0 Å². The molecular weight excluding hydrogens is 278 g/mol. The normalized spacial score (nSPS) is 12.5. The Hall–Kier alpha value is -3.00. The third kappa shape index (κ3) is 4.25. The summed E-state index contributed by atoms with van der Waals surface area (Å²) in [5.41, 5.74) is 0.606. The summed E-state index contributed by atoms with van der Waals surface area (Å²) in [4.78, 5) is 12.1. The van der Waals surface area contributed by atoms with E-state index in [1.165, 1.54) is 18.2 Å². The first-order valence-corrected chi connectivity index (χ1v) is 6.91. The van der Waals surface area contributed by atoms with Crippen LogP contribution in [0.5, 0.6) is 5.75 Å². The quantitative estimate of drug-likeness (QED) is 0.656. The van der Waals surface area contributed by atoms with E-state index in [0.29, 0.717) is 12.1 Å². The highest BCUT2D eigenvalue weighted by Crippen LogP contribution is 2.14. The first kappa shape index (κ1) is 15.4. The topological polar surface area (TPSA) is 78.0 Å². The SMILES string of the molecule is CC(Cn1cccc1)NC(=O)/C(C#N)=C/c1cccc(O)c1. The Morgan fingerprint density at radius 3 is 2.77 bits per heavy atom. The maximum absolute atomic E-state index is 12.1. The van der Waals surface area contributed by atoms with Gasteiger partial charge >= 0.3 is 0 Å². The summed E-state index contributed by atoms with van der Waals surface area (Å²) in [6.45, 7) is 2.50. The average Bonchev–Trinajstić information content (AvgIpc) is 2.97. The summed E-state index contributed by atoms with van der Waals surface area (Å²) >= 11 is 0. The standard InChI is InChI=1S/C17H17N3O2/c1-13(12-20-7-2-3-8-20)19-17(22)15(11-18)9-14-5-4-6-16(21)10-14/h2-10,13,21H,12H2,1H3,(H,19,22)/b15-9+. The molecule has 1 atom stereocenters. The van der Waals surface area contributed by atoms with Crippen molar-refractivity contribution in [1.82, 2.24) is 9.88 Å². The Morgan fingerprint density at radius 1 is 1.41 bits per heavy atom. The Labute approximate surface area is 129 Å². The second-order valence-electron chi connectivity index (χ2n) is 5.02. The van der Waals surface area contributed by atoms with Crippen LogP contribution in [0.4, 0.5) is 0 Å². The molecule has 0 aliphatic carbocycles. The molecule has 1 aromatic heterocycles. The fourth-order valence-electron chi connectivity index (χ4n) is 2.09. The number of benzene rings is 1. The number of nitriles is 1. The molecule has 112 valence electrons. The van der Waals surface area contributed by atoms with Gasteiger partial charge in [0.15, 0.2) is 0 Å². The molecule has 0 saturated heterocycles. The highest BCUT2D eigenvalue weighted by molar-refractivity contribution is 6.01. The van der Waals surface area contributed by atoms with E-state index in [1.807, 2.05) is 42.1 Å². The number of rotatable bonds is 5. The van der Waals surface area contributed by atoms with E-state index in [1.54, 1.807) is 12.1 Å². The number of hydrogen-bond acceptors (Lipinski definition) is 3. The molecule has 2 N–H and O–H groups in total. The lowest BCUT2D eigenvalue weighted by Gasteiger charge is -2.14. The zero-order valence-electron chi connectivity index (χ0n) is 12.2.